The summed E-state index contributed by atoms with van der Waals surface area (Å²) in [5, 5.41) is 9.35. The van der Waals surface area contributed by atoms with Gasteiger partial charge in [0.2, 0.25) is 0 Å². The third kappa shape index (κ3) is 6.71. The van der Waals surface area contributed by atoms with Gasteiger partial charge in [-0.1, -0.05) is 59.6 Å². The van der Waals surface area contributed by atoms with Crippen LogP contribution in [-0.2, 0) is 4.79 Å². The number of hydrogen-bond donors (Lipinski definition) is 2. The highest BCUT2D eigenvalue weighted by molar-refractivity contribution is 14.1. The van der Waals surface area contributed by atoms with Crippen molar-refractivity contribution in [3.8, 4) is 11.5 Å². The number of methoxy groups -OCH3 is 1. The molecule has 0 heterocycles. The van der Waals surface area contributed by atoms with Crippen LogP contribution < -0.4 is 20.2 Å². The van der Waals surface area contributed by atoms with Gasteiger partial charge in [-0.15, -0.1) is 0 Å². The minimum atomic E-state index is -0.377. The molecular formula is C27H20Cl2IN3O4. The zero-order chi connectivity index (χ0) is 26.4. The number of halogens is 3. The molecule has 0 aliphatic rings. The first-order valence-corrected chi connectivity index (χ1v) is 12.8. The lowest BCUT2D eigenvalue weighted by atomic mass is 10.0. The molecule has 0 atom stereocenters. The Hall–Kier alpha value is -3.34. The van der Waals surface area contributed by atoms with Crippen molar-refractivity contribution in [3.63, 3.8) is 0 Å². The monoisotopic (exact) mass is 647 g/mol. The van der Waals surface area contributed by atoms with E-state index in [2.05, 4.69) is 38.4 Å². The maximum atomic E-state index is 12.7. The van der Waals surface area contributed by atoms with Crippen molar-refractivity contribution in [2.75, 3.05) is 19.0 Å². The first kappa shape index (κ1) is 26.7. The number of nitrogens with one attached hydrogen (secondary N) is 2. The number of carbonyl (C=O) groups is 2. The van der Waals surface area contributed by atoms with E-state index in [4.69, 9.17) is 32.7 Å². The van der Waals surface area contributed by atoms with Crippen molar-refractivity contribution in [2.45, 2.75) is 0 Å². The standard InChI is InChI=1S/C27H20Cl2IN3O4/c1-36-24-12-16(14-31-33-27(35)20-8-4-6-17-5-2-3-7-19(17)20)11-23(30)26(24)37-15-25(34)32-18-9-10-21(28)22(29)13-18/h2-14H,15H2,1H3,(H,32,34)(H,33,35)/b31-14+. The number of fused-ring (bicyclic) bond motifs is 1. The fourth-order valence-electron chi connectivity index (χ4n) is 3.51. The number of nitrogens with zero attached hydrogens (tertiary/aromatic N) is 1. The lowest BCUT2D eigenvalue weighted by Gasteiger charge is -2.13. The van der Waals surface area contributed by atoms with Gasteiger partial charge in [0.1, 0.15) is 0 Å². The van der Waals surface area contributed by atoms with Gasteiger partial charge in [-0.2, -0.15) is 5.10 Å². The second-order valence-corrected chi connectivity index (χ2v) is 9.70. The average molecular weight is 648 g/mol. The van der Waals surface area contributed by atoms with Crippen molar-refractivity contribution in [3.05, 3.63) is 97.5 Å². The summed E-state index contributed by atoms with van der Waals surface area (Å²) in [4.78, 5) is 25.0. The highest BCUT2D eigenvalue weighted by Gasteiger charge is 2.14. The smallest absolute Gasteiger partial charge is 0.271 e. The van der Waals surface area contributed by atoms with Crippen LogP contribution in [0.3, 0.4) is 0 Å². The lowest BCUT2D eigenvalue weighted by Crippen LogP contribution is -2.20. The lowest BCUT2D eigenvalue weighted by molar-refractivity contribution is -0.118. The quantitative estimate of drug-likeness (QED) is 0.129. The van der Waals surface area contributed by atoms with E-state index in [1.165, 1.54) is 13.3 Å². The first-order valence-electron chi connectivity index (χ1n) is 10.9. The van der Waals surface area contributed by atoms with Crippen LogP contribution in [-0.4, -0.2) is 31.7 Å². The first-order chi connectivity index (χ1) is 17.9. The summed E-state index contributed by atoms with van der Waals surface area (Å²) in [6.07, 6.45) is 1.51. The van der Waals surface area contributed by atoms with Gasteiger partial charge in [0, 0.05) is 11.3 Å². The Bertz CT molecular complexity index is 1510. The molecule has 2 amide bonds. The van der Waals surface area contributed by atoms with Gasteiger partial charge in [-0.25, -0.2) is 5.43 Å². The van der Waals surface area contributed by atoms with E-state index < -0.39 is 0 Å². The van der Waals surface area contributed by atoms with Crippen molar-refractivity contribution in [1.82, 2.24) is 5.43 Å². The maximum Gasteiger partial charge on any atom is 0.271 e. The second-order valence-electron chi connectivity index (χ2n) is 7.73. The van der Waals surface area contributed by atoms with E-state index in [-0.39, 0.29) is 18.4 Å². The highest BCUT2D eigenvalue weighted by Crippen LogP contribution is 2.33. The number of hydrazone groups is 1. The Morgan fingerprint density at radius 3 is 2.57 bits per heavy atom. The van der Waals surface area contributed by atoms with Gasteiger partial charge in [0.15, 0.2) is 18.1 Å². The van der Waals surface area contributed by atoms with Crippen LogP contribution >= 0.6 is 45.8 Å². The predicted octanol–water partition coefficient (Wildman–Crippen LogP) is 6.54. The van der Waals surface area contributed by atoms with Crippen molar-refractivity contribution in [2.24, 2.45) is 5.10 Å². The van der Waals surface area contributed by atoms with Crippen LogP contribution in [0.2, 0.25) is 10.0 Å². The molecule has 0 aliphatic heterocycles. The van der Waals surface area contributed by atoms with Crippen LogP contribution in [0.15, 0.2) is 77.9 Å². The summed E-state index contributed by atoms with van der Waals surface area (Å²) >= 11 is 14.0. The molecule has 0 saturated carbocycles. The second kappa shape index (κ2) is 12.3. The number of hydrogen-bond acceptors (Lipinski definition) is 5. The molecule has 0 bridgehead atoms. The zero-order valence-electron chi connectivity index (χ0n) is 19.4. The van der Waals surface area contributed by atoms with E-state index in [9.17, 15) is 9.59 Å². The third-order valence-electron chi connectivity index (χ3n) is 5.22. The van der Waals surface area contributed by atoms with Gasteiger partial charge in [0.25, 0.3) is 11.8 Å². The molecule has 4 aromatic rings. The maximum absolute atomic E-state index is 12.7. The van der Waals surface area contributed by atoms with Gasteiger partial charge in [0.05, 0.1) is 26.9 Å². The molecule has 10 heteroatoms. The number of rotatable bonds is 8. The average Bonchev–Trinajstić information content (AvgIpc) is 2.89. The molecule has 0 aromatic heterocycles. The largest absolute Gasteiger partial charge is 0.493 e. The minimum absolute atomic E-state index is 0.249. The van der Waals surface area contributed by atoms with Crippen LogP contribution in [0.1, 0.15) is 15.9 Å². The van der Waals surface area contributed by atoms with Crippen LogP contribution in [0, 0.1) is 3.57 Å². The fourth-order valence-corrected chi connectivity index (χ4v) is 4.59. The molecule has 0 unspecified atom stereocenters. The Morgan fingerprint density at radius 2 is 1.78 bits per heavy atom. The van der Waals surface area contributed by atoms with Crippen LogP contribution in [0.25, 0.3) is 10.8 Å². The summed E-state index contributed by atoms with van der Waals surface area (Å²) in [6.45, 7) is -0.249. The Kier molecular flexibility index (Phi) is 8.86. The Morgan fingerprint density at radius 1 is 1.00 bits per heavy atom. The third-order valence-corrected chi connectivity index (χ3v) is 6.76. The summed E-state index contributed by atoms with van der Waals surface area (Å²) in [6, 6.07) is 21.5. The molecule has 0 fully saturated rings. The van der Waals surface area contributed by atoms with E-state index >= 15 is 0 Å². The Labute approximate surface area is 236 Å². The summed E-state index contributed by atoms with van der Waals surface area (Å²) < 4.78 is 11.9. The number of benzene rings is 4. The number of carbonyl (C=O) groups excluding carboxylic acids is 2. The molecule has 0 spiro atoms. The van der Waals surface area contributed by atoms with E-state index in [0.29, 0.717) is 41.9 Å². The molecule has 7 nitrogen and oxygen atoms in total. The predicted molar refractivity (Wildman–Crippen MR) is 155 cm³/mol. The van der Waals surface area contributed by atoms with Crippen LogP contribution in [0.5, 0.6) is 11.5 Å². The SMILES string of the molecule is COc1cc(/C=N/NC(=O)c2cccc3ccccc23)cc(I)c1OCC(=O)Nc1ccc(Cl)c(Cl)c1. The molecule has 0 radical (unpaired) electrons. The highest BCUT2D eigenvalue weighted by atomic mass is 127. The van der Waals surface area contributed by atoms with E-state index in [1.807, 2.05) is 36.4 Å². The van der Waals surface area contributed by atoms with E-state index in [0.717, 1.165) is 10.8 Å². The summed E-state index contributed by atoms with van der Waals surface area (Å²) in [5.41, 5.74) is 4.27. The molecule has 4 rings (SSSR count). The topological polar surface area (TPSA) is 89.0 Å². The summed E-state index contributed by atoms with van der Waals surface area (Å²) in [5.74, 6) is 0.126. The molecule has 0 aliphatic carbocycles. The Balaban J connectivity index is 1.41. The zero-order valence-corrected chi connectivity index (χ0v) is 23.1. The fraction of sp³-hybridized carbons (Fsp3) is 0.0741. The number of anilines is 1. The van der Waals surface area contributed by atoms with Crippen molar-refractivity contribution >= 4 is 80.3 Å². The van der Waals surface area contributed by atoms with Crippen LogP contribution in [0.4, 0.5) is 5.69 Å². The van der Waals surface area contributed by atoms with E-state index in [1.54, 1.807) is 36.4 Å². The van der Waals surface area contributed by atoms with Crippen molar-refractivity contribution < 1.29 is 19.1 Å². The molecule has 37 heavy (non-hydrogen) atoms. The van der Waals surface area contributed by atoms with Gasteiger partial charge in [-0.05, 0) is 75.3 Å². The summed E-state index contributed by atoms with van der Waals surface area (Å²) in [7, 11) is 1.50. The minimum Gasteiger partial charge on any atom is -0.493 e. The molecule has 2 N–H and O–H groups in total. The number of ether oxygens (including phenoxy) is 2. The molecule has 0 saturated heterocycles. The molecule has 4 aromatic carbocycles. The molecular weight excluding hydrogens is 628 g/mol. The van der Waals surface area contributed by atoms with Gasteiger partial charge in [-0.3, -0.25) is 9.59 Å². The van der Waals surface area contributed by atoms with Crippen molar-refractivity contribution in [1.29, 1.82) is 0 Å². The number of amides is 2. The molecule has 188 valence electrons. The normalized spacial score (nSPS) is 10.9. The van der Waals surface area contributed by atoms with Gasteiger partial charge >= 0.3 is 0 Å². The van der Waals surface area contributed by atoms with Gasteiger partial charge < -0.3 is 14.8 Å².